The van der Waals surface area contributed by atoms with Gasteiger partial charge < -0.3 is 9.47 Å². The van der Waals surface area contributed by atoms with Crippen molar-refractivity contribution in [3.63, 3.8) is 0 Å². The molecule has 9 heteroatoms. The van der Waals surface area contributed by atoms with Crippen molar-refractivity contribution < 1.29 is 4.79 Å². The van der Waals surface area contributed by atoms with E-state index in [1.807, 2.05) is 29.7 Å². The summed E-state index contributed by atoms with van der Waals surface area (Å²) >= 11 is 6.15. The van der Waals surface area contributed by atoms with Crippen LogP contribution >= 0.6 is 11.6 Å². The number of amides is 1. The van der Waals surface area contributed by atoms with E-state index in [2.05, 4.69) is 20.5 Å². The first kappa shape index (κ1) is 14.8. The summed E-state index contributed by atoms with van der Waals surface area (Å²) in [6.07, 6.45) is 1.59. The van der Waals surface area contributed by atoms with Crippen LogP contribution < -0.4 is 0 Å². The molecule has 24 heavy (non-hydrogen) atoms. The smallest absolute Gasteiger partial charge is 0.276 e. The maximum absolute atomic E-state index is 12.7. The summed E-state index contributed by atoms with van der Waals surface area (Å²) in [5, 5.41) is 16.7. The topological polar surface area (TPSA) is 81.7 Å². The van der Waals surface area contributed by atoms with Gasteiger partial charge in [-0.05, 0) is 19.1 Å². The monoisotopic (exact) mass is 343 g/mol. The molecule has 0 saturated carbocycles. The van der Waals surface area contributed by atoms with Gasteiger partial charge in [0.05, 0.1) is 23.5 Å². The summed E-state index contributed by atoms with van der Waals surface area (Å²) in [6, 6.07) is 7.27. The molecule has 1 amide bonds. The molecule has 1 aliphatic rings. The zero-order valence-corrected chi connectivity index (χ0v) is 13.7. The van der Waals surface area contributed by atoms with Crippen molar-refractivity contribution in [2.75, 3.05) is 6.54 Å². The van der Waals surface area contributed by atoms with Gasteiger partial charge in [-0.2, -0.15) is 0 Å². The number of carbonyl (C=O) groups is 1. The van der Waals surface area contributed by atoms with Gasteiger partial charge in [0.15, 0.2) is 11.5 Å². The van der Waals surface area contributed by atoms with Crippen molar-refractivity contribution >= 4 is 17.5 Å². The molecule has 0 unspecified atom stereocenters. The summed E-state index contributed by atoms with van der Waals surface area (Å²) < 4.78 is 3.52. The summed E-state index contributed by atoms with van der Waals surface area (Å²) in [5.74, 6) is 1.47. The van der Waals surface area contributed by atoms with E-state index in [0.717, 1.165) is 11.6 Å². The second-order valence-electron chi connectivity index (χ2n) is 5.54. The third-order valence-electron chi connectivity index (χ3n) is 4.04. The number of para-hydroxylation sites is 1. The highest BCUT2D eigenvalue weighted by atomic mass is 35.5. The first-order chi connectivity index (χ1) is 11.6. The SMILES string of the molecule is Cc1nnc2n1CCN(C(=O)c1cn(-c3ccccc3Cl)nn1)C2. The van der Waals surface area contributed by atoms with E-state index >= 15 is 0 Å². The molecular formula is C15H14ClN7O. The second kappa shape index (κ2) is 5.72. The summed E-state index contributed by atoms with van der Waals surface area (Å²) in [5.41, 5.74) is 0.958. The summed E-state index contributed by atoms with van der Waals surface area (Å²) in [7, 11) is 0. The molecule has 1 aliphatic heterocycles. The van der Waals surface area contributed by atoms with Crippen LogP contribution in [0.1, 0.15) is 22.1 Å². The largest absolute Gasteiger partial charge is 0.328 e. The van der Waals surface area contributed by atoms with E-state index in [9.17, 15) is 4.79 Å². The Balaban J connectivity index is 1.57. The molecule has 8 nitrogen and oxygen atoms in total. The molecule has 1 aromatic carbocycles. The number of halogens is 1. The van der Waals surface area contributed by atoms with Gasteiger partial charge in [0, 0.05) is 13.1 Å². The fourth-order valence-electron chi connectivity index (χ4n) is 2.76. The predicted molar refractivity (Wildman–Crippen MR) is 85.9 cm³/mol. The lowest BCUT2D eigenvalue weighted by Crippen LogP contribution is -2.38. The van der Waals surface area contributed by atoms with Crippen LogP contribution in [0, 0.1) is 6.92 Å². The van der Waals surface area contributed by atoms with Crippen molar-refractivity contribution in [2.24, 2.45) is 0 Å². The maximum Gasteiger partial charge on any atom is 0.276 e. The van der Waals surface area contributed by atoms with Crippen LogP contribution in [0.4, 0.5) is 0 Å². The van der Waals surface area contributed by atoms with Crippen molar-refractivity contribution in [1.82, 2.24) is 34.7 Å². The van der Waals surface area contributed by atoms with Gasteiger partial charge in [-0.25, -0.2) is 4.68 Å². The molecule has 0 atom stereocenters. The van der Waals surface area contributed by atoms with E-state index in [4.69, 9.17) is 11.6 Å². The minimum absolute atomic E-state index is 0.180. The highest BCUT2D eigenvalue weighted by Crippen LogP contribution is 2.19. The normalized spacial score (nSPS) is 13.8. The molecule has 2 aromatic heterocycles. The average Bonchev–Trinajstić information content (AvgIpc) is 3.22. The summed E-state index contributed by atoms with van der Waals surface area (Å²) in [6.45, 7) is 3.59. The van der Waals surface area contributed by atoms with Crippen LogP contribution in [-0.4, -0.2) is 47.1 Å². The minimum atomic E-state index is -0.180. The van der Waals surface area contributed by atoms with Crippen LogP contribution in [0.5, 0.6) is 0 Å². The molecule has 122 valence electrons. The zero-order chi connectivity index (χ0) is 16.7. The number of nitrogens with zero attached hydrogens (tertiary/aromatic N) is 7. The van der Waals surface area contributed by atoms with Gasteiger partial charge >= 0.3 is 0 Å². The highest BCUT2D eigenvalue weighted by molar-refractivity contribution is 6.32. The Morgan fingerprint density at radius 1 is 1.17 bits per heavy atom. The molecule has 0 fully saturated rings. The number of hydrogen-bond donors (Lipinski definition) is 0. The predicted octanol–water partition coefficient (Wildman–Crippen LogP) is 1.48. The lowest BCUT2D eigenvalue weighted by Gasteiger charge is -2.26. The van der Waals surface area contributed by atoms with Crippen molar-refractivity contribution in [1.29, 1.82) is 0 Å². The van der Waals surface area contributed by atoms with Gasteiger partial charge in [-0.15, -0.1) is 15.3 Å². The number of rotatable bonds is 2. The quantitative estimate of drug-likeness (QED) is 0.704. The third-order valence-corrected chi connectivity index (χ3v) is 4.36. The van der Waals surface area contributed by atoms with Gasteiger partial charge in [0.1, 0.15) is 5.82 Å². The molecule has 4 rings (SSSR count). The van der Waals surface area contributed by atoms with Crippen LogP contribution in [0.3, 0.4) is 0 Å². The molecule has 0 bridgehead atoms. The molecule has 0 spiro atoms. The van der Waals surface area contributed by atoms with Crippen molar-refractivity contribution in [3.8, 4) is 5.69 Å². The molecule has 3 aromatic rings. The molecule has 3 heterocycles. The number of fused-ring (bicyclic) bond motifs is 1. The minimum Gasteiger partial charge on any atom is -0.328 e. The molecular weight excluding hydrogens is 330 g/mol. The number of hydrogen-bond acceptors (Lipinski definition) is 5. The number of benzene rings is 1. The van der Waals surface area contributed by atoms with Crippen molar-refractivity contribution in [2.45, 2.75) is 20.0 Å². The molecule has 0 N–H and O–H groups in total. The Hall–Kier alpha value is -2.74. The lowest BCUT2D eigenvalue weighted by atomic mass is 10.3. The molecule has 0 saturated heterocycles. The van der Waals surface area contributed by atoms with Crippen LogP contribution in [-0.2, 0) is 13.1 Å². The Morgan fingerprint density at radius 2 is 2.00 bits per heavy atom. The average molecular weight is 344 g/mol. The first-order valence-corrected chi connectivity index (χ1v) is 7.86. The van der Waals surface area contributed by atoms with E-state index in [1.54, 1.807) is 17.2 Å². The number of carbonyl (C=O) groups excluding carboxylic acids is 1. The molecule has 0 aliphatic carbocycles. The number of aryl methyl sites for hydroxylation is 1. The highest BCUT2D eigenvalue weighted by Gasteiger charge is 2.26. The Labute approximate surface area is 142 Å². The van der Waals surface area contributed by atoms with Crippen LogP contribution in [0.25, 0.3) is 5.69 Å². The lowest BCUT2D eigenvalue weighted by molar-refractivity contribution is 0.0700. The zero-order valence-electron chi connectivity index (χ0n) is 12.9. The first-order valence-electron chi connectivity index (χ1n) is 7.48. The van der Waals surface area contributed by atoms with E-state index in [1.165, 1.54) is 4.68 Å². The standard InChI is InChI=1S/C15H14ClN7O/c1-10-17-19-14-9-21(6-7-22(10)14)15(24)12-8-23(20-18-12)13-5-3-2-4-11(13)16/h2-5,8H,6-7,9H2,1H3. The third kappa shape index (κ3) is 2.44. The molecule has 0 radical (unpaired) electrons. The fraction of sp³-hybridized carbons (Fsp3) is 0.267. The van der Waals surface area contributed by atoms with Gasteiger partial charge in [0.25, 0.3) is 5.91 Å². The fourth-order valence-corrected chi connectivity index (χ4v) is 2.98. The maximum atomic E-state index is 12.7. The van der Waals surface area contributed by atoms with Crippen LogP contribution in [0.15, 0.2) is 30.5 Å². The second-order valence-corrected chi connectivity index (χ2v) is 5.95. The van der Waals surface area contributed by atoms with E-state index in [0.29, 0.717) is 30.3 Å². The van der Waals surface area contributed by atoms with Crippen LogP contribution in [0.2, 0.25) is 5.02 Å². The Kier molecular flexibility index (Phi) is 3.53. The van der Waals surface area contributed by atoms with Crippen molar-refractivity contribution in [3.05, 3.63) is 52.8 Å². The Bertz CT molecular complexity index is 916. The van der Waals surface area contributed by atoms with E-state index < -0.39 is 0 Å². The Morgan fingerprint density at radius 3 is 2.83 bits per heavy atom. The van der Waals surface area contributed by atoms with Gasteiger partial charge in [0.2, 0.25) is 0 Å². The van der Waals surface area contributed by atoms with Gasteiger partial charge in [-0.3, -0.25) is 4.79 Å². The van der Waals surface area contributed by atoms with E-state index in [-0.39, 0.29) is 11.6 Å². The van der Waals surface area contributed by atoms with Gasteiger partial charge in [-0.1, -0.05) is 28.9 Å². The summed E-state index contributed by atoms with van der Waals surface area (Å²) in [4.78, 5) is 14.4. The number of aromatic nitrogens is 6.